The maximum atomic E-state index is 10.1. The van der Waals surface area contributed by atoms with Gasteiger partial charge in [-0.05, 0) is 32.1 Å². The molecule has 110 valence electrons. The summed E-state index contributed by atoms with van der Waals surface area (Å²) in [5.74, 6) is 0. The molecule has 0 aliphatic carbocycles. The Kier molecular flexibility index (Phi) is 16.4. The summed E-state index contributed by atoms with van der Waals surface area (Å²) in [5, 5.41) is 0. The Balaban J connectivity index is 3.14. The van der Waals surface area contributed by atoms with Gasteiger partial charge in [0.25, 0.3) is 0 Å². The minimum absolute atomic E-state index is 0.693. The molecular formula is C18H32O. The third kappa shape index (κ3) is 17.1. The van der Waals surface area contributed by atoms with Crippen LogP contribution in [0.25, 0.3) is 0 Å². The van der Waals surface area contributed by atoms with Crippen LogP contribution in [-0.4, -0.2) is 6.29 Å². The van der Waals surface area contributed by atoms with Crippen molar-refractivity contribution < 1.29 is 4.79 Å². The third-order valence-corrected chi connectivity index (χ3v) is 3.27. The molecule has 1 nitrogen and oxygen atoms in total. The smallest absolute Gasteiger partial charge is 0.120 e. The van der Waals surface area contributed by atoms with E-state index in [1.54, 1.807) is 0 Å². The fourth-order valence-electron chi connectivity index (χ4n) is 2.05. The van der Waals surface area contributed by atoms with Crippen LogP contribution in [0, 0.1) is 0 Å². The summed E-state index contributed by atoms with van der Waals surface area (Å²) >= 11 is 0. The molecule has 0 atom stereocenters. The lowest BCUT2D eigenvalue weighted by Gasteiger charge is -1.98. The Morgan fingerprint density at radius 3 is 1.84 bits per heavy atom. The highest BCUT2D eigenvalue weighted by molar-refractivity contribution is 5.48. The van der Waals surface area contributed by atoms with Gasteiger partial charge in [-0.15, -0.1) is 0 Å². The van der Waals surface area contributed by atoms with Crippen LogP contribution in [-0.2, 0) is 4.79 Å². The molecule has 0 aromatic carbocycles. The summed E-state index contributed by atoms with van der Waals surface area (Å²) in [7, 11) is 0. The van der Waals surface area contributed by atoms with Crippen LogP contribution in [0.1, 0.15) is 84.0 Å². The van der Waals surface area contributed by atoms with E-state index >= 15 is 0 Å². The minimum Gasteiger partial charge on any atom is -0.303 e. The van der Waals surface area contributed by atoms with E-state index in [1.807, 2.05) is 0 Å². The van der Waals surface area contributed by atoms with Gasteiger partial charge in [-0.1, -0.05) is 69.8 Å². The molecule has 0 heterocycles. The molecular weight excluding hydrogens is 232 g/mol. The number of aldehydes is 1. The standard InChI is InChI=1S/C18H32O/c1-2-3-4-5-6-7-8-9-10-11-12-13-14-15-16-17-18-19/h10-11,13-14,18H,2-9,12,15-17H2,1H3. The largest absolute Gasteiger partial charge is 0.303 e. The van der Waals surface area contributed by atoms with Crippen molar-refractivity contribution in [2.45, 2.75) is 84.0 Å². The number of carbonyl (C=O) groups is 1. The van der Waals surface area contributed by atoms with Crippen LogP contribution in [0.15, 0.2) is 24.3 Å². The van der Waals surface area contributed by atoms with E-state index in [2.05, 4.69) is 31.2 Å². The van der Waals surface area contributed by atoms with Crippen molar-refractivity contribution in [3.8, 4) is 0 Å². The molecule has 1 heteroatoms. The van der Waals surface area contributed by atoms with E-state index in [9.17, 15) is 4.79 Å². The van der Waals surface area contributed by atoms with Gasteiger partial charge < -0.3 is 4.79 Å². The normalized spacial score (nSPS) is 11.6. The molecule has 0 aromatic rings. The van der Waals surface area contributed by atoms with Gasteiger partial charge in [0, 0.05) is 6.42 Å². The molecule has 0 bridgehead atoms. The molecule has 0 unspecified atom stereocenters. The van der Waals surface area contributed by atoms with Crippen molar-refractivity contribution in [2.24, 2.45) is 0 Å². The van der Waals surface area contributed by atoms with Gasteiger partial charge in [-0.3, -0.25) is 0 Å². The zero-order valence-corrected chi connectivity index (χ0v) is 12.8. The quantitative estimate of drug-likeness (QED) is 0.214. The molecule has 0 spiro atoms. The highest BCUT2D eigenvalue weighted by Crippen LogP contribution is 2.08. The second-order valence-corrected chi connectivity index (χ2v) is 5.19. The number of carbonyl (C=O) groups excluding carboxylic acids is 1. The molecule has 0 rings (SSSR count). The van der Waals surface area contributed by atoms with E-state index in [0.717, 1.165) is 25.5 Å². The zero-order chi connectivity index (χ0) is 14.0. The number of rotatable bonds is 14. The topological polar surface area (TPSA) is 17.1 Å². The minimum atomic E-state index is 0.693. The molecule has 0 aromatic heterocycles. The Hall–Kier alpha value is -0.850. The van der Waals surface area contributed by atoms with E-state index in [1.165, 1.54) is 51.4 Å². The van der Waals surface area contributed by atoms with Gasteiger partial charge in [0.15, 0.2) is 0 Å². The van der Waals surface area contributed by atoms with E-state index < -0.39 is 0 Å². The van der Waals surface area contributed by atoms with Crippen molar-refractivity contribution in [3.63, 3.8) is 0 Å². The van der Waals surface area contributed by atoms with Crippen LogP contribution >= 0.6 is 0 Å². The summed E-state index contributed by atoms with van der Waals surface area (Å²) in [6.07, 6.45) is 24.6. The van der Waals surface area contributed by atoms with Crippen LogP contribution in [0.5, 0.6) is 0 Å². The lowest BCUT2D eigenvalue weighted by molar-refractivity contribution is -0.107. The molecule has 19 heavy (non-hydrogen) atoms. The number of hydrogen-bond donors (Lipinski definition) is 0. The summed E-state index contributed by atoms with van der Waals surface area (Å²) in [6, 6.07) is 0. The summed E-state index contributed by atoms with van der Waals surface area (Å²) in [5.41, 5.74) is 0. The first kappa shape index (κ1) is 18.1. The Morgan fingerprint density at radius 2 is 1.21 bits per heavy atom. The van der Waals surface area contributed by atoms with Gasteiger partial charge in [0.1, 0.15) is 6.29 Å². The molecule has 0 radical (unpaired) electrons. The number of hydrogen-bond acceptors (Lipinski definition) is 1. The number of unbranched alkanes of at least 4 members (excludes halogenated alkanes) is 9. The predicted octanol–water partition coefficient (Wildman–Crippen LogP) is 6.00. The van der Waals surface area contributed by atoms with Crippen molar-refractivity contribution >= 4 is 6.29 Å². The zero-order valence-electron chi connectivity index (χ0n) is 12.8. The average Bonchev–Trinajstić information content (AvgIpc) is 2.43. The first-order chi connectivity index (χ1) is 9.41. The van der Waals surface area contributed by atoms with Crippen LogP contribution in [0.4, 0.5) is 0 Å². The predicted molar refractivity (Wildman–Crippen MR) is 85.4 cm³/mol. The van der Waals surface area contributed by atoms with Gasteiger partial charge in [-0.25, -0.2) is 0 Å². The van der Waals surface area contributed by atoms with E-state index in [0.29, 0.717) is 6.42 Å². The van der Waals surface area contributed by atoms with Crippen molar-refractivity contribution in [1.29, 1.82) is 0 Å². The second-order valence-electron chi connectivity index (χ2n) is 5.19. The third-order valence-electron chi connectivity index (χ3n) is 3.27. The Labute approximate surface area is 120 Å². The Bertz CT molecular complexity index is 228. The van der Waals surface area contributed by atoms with Crippen molar-refractivity contribution in [1.82, 2.24) is 0 Å². The molecule has 0 fully saturated rings. The monoisotopic (exact) mass is 264 g/mol. The Morgan fingerprint density at radius 1 is 0.632 bits per heavy atom. The fraction of sp³-hybridized carbons (Fsp3) is 0.722. The lowest BCUT2D eigenvalue weighted by Crippen LogP contribution is -1.78. The fourth-order valence-corrected chi connectivity index (χ4v) is 2.05. The first-order valence-electron chi connectivity index (χ1n) is 8.15. The van der Waals surface area contributed by atoms with Gasteiger partial charge in [0.05, 0.1) is 0 Å². The van der Waals surface area contributed by atoms with Gasteiger partial charge >= 0.3 is 0 Å². The van der Waals surface area contributed by atoms with E-state index in [4.69, 9.17) is 0 Å². The maximum Gasteiger partial charge on any atom is 0.120 e. The summed E-state index contributed by atoms with van der Waals surface area (Å²) < 4.78 is 0. The lowest BCUT2D eigenvalue weighted by atomic mass is 10.1. The van der Waals surface area contributed by atoms with E-state index in [-0.39, 0.29) is 0 Å². The SMILES string of the molecule is CCCCCCCCCC=CCC=CCCCC=O. The first-order valence-corrected chi connectivity index (χ1v) is 8.15. The second kappa shape index (κ2) is 17.2. The molecule has 0 aliphatic rings. The van der Waals surface area contributed by atoms with Crippen molar-refractivity contribution in [2.75, 3.05) is 0 Å². The van der Waals surface area contributed by atoms with Crippen LogP contribution < -0.4 is 0 Å². The van der Waals surface area contributed by atoms with Gasteiger partial charge in [-0.2, -0.15) is 0 Å². The average molecular weight is 264 g/mol. The maximum absolute atomic E-state index is 10.1. The molecule has 0 saturated carbocycles. The molecule has 0 aliphatic heterocycles. The number of allylic oxidation sites excluding steroid dienone is 4. The van der Waals surface area contributed by atoms with Crippen molar-refractivity contribution in [3.05, 3.63) is 24.3 Å². The van der Waals surface area contributed by atoms with Crippen LogP contribution in [0.2, 0.25) is 0 Å². The van der Waals surface area contributed by atoms with Gasteiger partial charge in [0.2, 0.25) is 0 Å². The van der Waals surface area contributed by atoms with Crippen LogP contribution in [0.3, 0.4) is 0 Å². The molecule has 0 saturated heterocycles. The molecule has 0 amide bonds. The highest BCUT2D eigenvalue weighted by Gasteiger charge is 1.89. The highest BCUT2D eigenvalue weighted by atomic mass is 16.1. The summed E-state index contributed by atoms with van der Waals surface area (Å²) in [4.78, 5) is 10.1. The summed E-state index contributed by atoms with van der Waals surface area (Å²) in [6.45, 7) is 2.27. The molecule has 0 N–H and O–H groups in total.